The summed E-state index contributed by atoms with van der Waals surface area (Å²) >= 11 is 0. The normalized spacial score (nSPS) is 22.3. The molecule has 1 aliphatic carbocycles. The molecule has 0 N–H and O–H groups in total. The summed E-state index contributed by atoms with van der Waals surface area (Å²) in [7, 11) is 1.75. The molecule has 1 saturated heterocycles. The van der Waals surface area contributed by atoms with E-state index in [9.17, 15) is 0 Å². The zero-order valence-corrected chi connectivity index (χ0v) is 14.0. The number of rotatable bonds is 3. The molecule has 118 valence electrons. The van der Waals surface area contributed by atoms with Gasteiger partial charge in [-0.05, 0) is 56.5 Å². The Morgan fingerprint density at radius 1 is 0.857 bits per heavy atom. The van der Waals surface area contributed by atoms with Crippen LogP contribution in [0, 0.1) is 0 Å². The highest BCUT2D eigenvalue weighted by atomic mass is 35.5. The lowest BCUT2D eigenvalue weighted by atomic mass is 9.74. The van der Waals surface area contributed by atoms with Gasteiger partial charge in [0.15, 0.2) is 0 Å². The third-order valence-electron chi connectivity index (χ3n) is 5.27. The minimum atomic E-state index is 0. The smallest absolute Gasteiger partial charge is 0.118 e. The highest BCUT2D eigenvalue weighted by Crippen LogP contribution is 2.43. The predicted octanol–water partition coefficient (Wildman–Crippen LogP) is 4.76. The molecule has 1 aliphatic heterocycles. The molecule has 3 heteroatoms. The molecule has 2 nitrogen and oxygen atoms in total. The fourth-order valence-electron chi connectivity index (χ4n) is 4.15. The van der Waals surface area contributed by atoms with Crippen LogP contribution in [0.3, 0.4) is 0 Å². The average molecular weight is 310 g/mol. The lowest BCUT2D eigenvalue weighted by Crippen LogP contribution is -2.49. The fourth-order valence-corrected chi connectivity index (χ4v) is 4.15. The first-order valence-corrected chi connectivity index (χ1v) is 8.25. The second kappa shape index (κ2) is 7.51. The molecule has 3 rings (SSSR count). The first kappa shape index (κ1) is 16.6. The maximum absolute atomic E-state index is 5.32. The summed E-state index contributed by atoms with van der Waals surface area (Å²) in [5.41, 5.74) is 1.82. The number of benzene rings is 1. The SMILES string of the molecule is COc1ccc(C2(N3CCCCC3)CCCCC2)cc1.Cl. The highest BCUT2D eigenvalue weighted by molar-refractivity contribution is 5.85. The van der Waals surface area contributed by atoms with Crippen molar-refractivity contribution in [2.24, 2.45) is 0 Å². The number of nitrogens with zero attached hydrogens (tertiary/aromatic N) is 1. The van der Waals surface area contributed by atoms with Crippen LogP contribution in [0.25, 0.3) is 0 Å². The van der Waals surface area contributed by atoms with Crippen molar-refractivity contribution in [1.29, 1.82) is 0 Å². The number of piperidine rings is 1. The van der Waals surface area contributed by atoms with Crippen molar-refractivity contribution in [1.82, 2.24) is 4.90 Å². The van der Waals surface area contributed by atoms with Gasteiger partial charge in [-0.1, -0.05) is 37.8 Å². The molecule has 0 bridgehead atoms. The van der Waals surface area contributed by atoms with Gasteiger partial charge < -0.3 is 4.74 Å². The van der Waals surface area contributed by atoms with E-state index in [0.29, 0.717) is 5.54 Å². The molecule has 1 aromatic rings. The van der Waals surface area contributed by atoms with Gasteiger partial charge >= 0.3 is 0 Å². The second-order valence-corrected chi connectivity index (χ2v) is 6.37. The second-order valence-electron chi connectivity index (χ2n) is 6.37. The van der Waals surface area contributed by atoms with Crippen LogP contribution >= 0.6 is 12.4 Å². The summed E-state index contributed by atoms with van der Waals surface area (Å²) in [6.07, 6.45) is 11.0. The summed E-state index contributed by atoms with van der Waals surface area (Å²) in [5, 5.41) is 0. The van der Waals surface area contributed by atoms with Gasteiger partial charge in [-0.25, -0.2) is 0 Å². The van der Waals surface area contributed by atoms with Gasteiger partial charge in [0.2, 0.25) is 0 Å². The van der Waals surface area contributed by atoms with Gasteiger partial charge in [0, 0.05) is 5.54 Å². The fraction of sp³-hybridized carbons (Fsp3) is 0.667. The standard InChI is InChI=1S/C18H27NO.ClH/c1-20-17-10-8-16(9-11-17)18(12-4-2-5-13-18)19-14-6-3-7-15-19;/h8-11H,2-7,12-15H2,1H3;1H. The van der Waals surface area contributed by atoms with Crippen molar-refractivity contribution < 1.29 is 4.74 Å². The van der Waals surface area contributed by atoms with E-state index in [0.717, 1.165) is 5.75 Å². The highest BCUT2D eigenvalue weighted by Gasteiger charge is 2.39. The molecule has 0 unspecified atom stereocenters. The largest absolute Gasteiger partial charge is 0.497 e. The zero-order valence-electron chi connectivity index (χ0n) is 13.1. The van der Waals surface area contributed by atoms with E-state index in [4.69, 9.17) is 4.74 Å². The molecule has 1 heterocycles. The minimum Gasteiger partial charge on any atom is -0.497 e. The average Bonchev–Trinajstić information content (AvgIpc) is 2.56. The van der Waals surface area contributed by atoms with Crippen LogP contribution in [0.5, 0.6) is 5.75 Å². The molecule has 1 saturated carbocycles. The lowest BCUT2D eigenvalue weighted by molar-refractivity contribution is 0.0303. The van der Waals surface area contributed by atoms with E-state index in [2.05, 4.69) is 29.2 Å². The minimum absolute atomic E-state index is 0. The molecular formula is C18H28ClNO. The van der Waals surface area contributed by atoms with Crippen LogP contribution < -0.4 is 4.74 Å². The van der Waals surface area contributed by atoms with Crippen molar-refractivity contribution in [3.05, 3.63) is 29.8 Å². The topological polar surface area (TPSA) is 12.5 Å². The van der Waals surface area contributed by atoms with Crippen LogP contribution in [0.15, 0.2) is 24.3 Å². The maximum atomic E-state index is 5.32. The number of ether oxygens (including phenoxy) is 1. The summed E-state index contributed by atoms with van der Waals surface area (Å²) in [4.78, 5) is 2.79. The molecule has 1 aromatic carbocycles. The van der Waals surface area contributed by atoms with Gasteiger partial charge in [0.25, 0.3) is 0 Å². The number of halogens is 1. The molecular weight excluding hydrogens is 282 g/mol. The van der Waals surface area contributed by atoms with Gasteiger partial charge in [-0.2, -0.15) is 0 Å². The Morgan fingerprint density at radius 2 is 1.43 bits per heavy atom. The third kappa shape index (κ3) is 3.37. The summed E-state index contributed by atoms with van der Waals surface area (Å²) < 4.78 is 5.32. The Labute approximate surface area is 135 Å². The van der Waals surface area contributed by atoms with E-state index in [1.807, 2.05) is 0 Å². The maximum Gasteiger partial charge on any atom is 0.118 e. The molecule has 0 aromatic heterocycles. The van der Waals surface area contributed by atoms with Crippen LogP contribution in [-0.4, -0.2) is 25.1 Å². The quantitative estimate of drug-likeness (QED) is 0.798. The summed E-state index contributed by atoms with van der Waals surface area (Å²) in [5.74, 6) is 0.971. The molecule has 0 amide bonds. The van der Waals surface area contributed by atoms with Gasteiger partial charge in [-0.3, -0.25) is 4.90 Å². The first-order chi connectivity index (χ1) is 9.85. The van der Waals surface area contributed by atoms with Crippen molar-refractivity contribution in [2.45, 2.75) is 56.9 Å². The number of hydrogen-bond acceptors (Lipinski definition) is 2. The van der Waals surface area contributed by atoms with Gasteiger partial charge in [0.1, 0.15) is 5.75 Å². The molecule has 2 fully saturated rings. The van der Waals surface area contributed by atoms with Crippen LogP contribution in [0.4, 0.5) is 0 Å². The monoisotopic (exact) mass is 309 g/mol. The van der Waals surface area contributed by atoms with Crippen LogP contribution in [-0.2, 0) is 5.54 Å². The molecule has 0 atom stereocenters. The lowest BCUT2D eigenvalue weighted by Gasteiger charge is -2.48. The number of likely N-dealkylation sites (tertiary alicyclic amines) is 1. The van der Waals surface area contributed by atoms with E-state index >= 15 is 0 Å². The predicted molar refractivity (Wildman–Crippen MR) is 90.4 cm³/mol. The summed E-state index contributed by atoms with van der Waals surface area (Å²) in [6, 6.07) is 8.88. The van der Waals surface area contributed by atoms with Crippen molar-refractivity contribution in [2.75, 3.05) is 20.2 Å². The number of hydrogen-bond donors (Lipinski definition) is 0. The van der Waals surface area contributed by atoms with E-state index in [1.54, 1.807) is 7.11 Å². The molecule has 2 aliphatic rings. The number of methoxy groups -OCH3 is 1. The molecule has 0 spiro atoms. The van der Waals surface area contributed by atoms with E-state index in [-0.39, 0.29) is 12.4 Å². The third-order valence-corrected chi connectivity index (χ3v) is 5.27. The van der Waals surface area contributed by atoms with Gasteiger partial charge in [0.05, 0.1) is 7.11 Å². The van der Waals surface area contributed by atoms with E-state index < -0.39 is 0 Å². The molecule has 21 heavy (non-hydrogen) atoms. The van der Waals surface area contributed by atoms with Crippen LogP contribution in [0.1, 0.15) is 56.9 Å². The van der Waals surface area contributed by atoms with Gasteiger partial charge in [-0.15, -0.1) is 12.4 Å². The van der Waals surface area contributed by atoms with Crippen molar-refractivity contribution in [3.63, 3.8) is 0 Å². The van der Waals surface area contributed by atoms with Crippen molar-refractivity contribution in [3.8, 4) is 5.75 Å². The Morgan fingerprint density at radius 3 is 2.00 bits per heavy atom. The summed E-state index contributed by atoms with van der Waals surface area (Å²) in [6.45, 7) is 2.57. The Balaban J connectivity index is 0.00000161. The molecule has 0 radical (unpaired) electrons. The van der Waals surface area contributed by atoms with E-state index in [1.165, 1.54) is 70.0 Å². The Hall–Kier alpha value is -0.730. The Bertz CT molecular complexity index is 419. The van der Waals surface area contributed by atoms with Crippen molar-refractivity contribution >= 4 is 12.4 Å². The Kier molecular flexibility index (Phi) is 5.95. The van der Waals surface area contributed by atoms with Crippen LogP contribution in [0.2, 0.25) is 0 Å². The zero-order chi connectivity index (χ0) is 13.8. The first-order valence-electron chi connectivity index (χ1n) is 8.25.